The largest absolute Gasteiger partial charge is 0.371 e. The molecule has 0 spiro atoms. The summed E-state index contributed by atoms with van der Waals surface area (Å²) in [4.78, 5) is 9.09. The molecule has 1 N–H and O–H groups in total. The summed E-state index contributed by atoms with van der Waals surface area (Å²) in [6.45, 7) is 0. The summed E-state index contributed by atoms with van der Waals surface area (Å²) in [6.07, 6.45) is 1.89. The molecular weight excluding hydrogens is 298 g/mol. The molecule has 3 rings (SSSR count). The SMILES string of the molecule is CN(C)c1ccc(NC(c2cccs2)c2cccs2)cn1. The lowest BCUT2D eigenvalue weighted by molar-refractivity contribution is 0.985. The average Bonchev–Trinajstić information content (AvgIpc) is 3.19. The molecule has 0 aliphatic carbocycles. The van der Waals surface area contributed by atoms with Crippen molar-refractivity contribution in [2.24, 2.45) is 0 Å². The molecule has 0 aliphatic heterocycles. The summed E-state index contributed by atoms with van der Waals surface area (Å²) in [6, 6.07) is 12.8. The lowest BCUT2D eigenvalue weighted by atomic mass is 10.2. The number of hydrogen-bond donors (Lipinski definition) is 1. The van der Waals surface area contributed by atoms with Gasteiger partial charge < -0.3 is 10.2 Å². The molecule has 5 heteroatoms. The third-order valence-electron chi connectivity index (χ3n) is 3.17. The van der Waals surface area contributed by atoms with E-state index >= 15 is 0 Å². The maximum atomic E-state index is 4.46. The van der Waals surface area contributed by atoms with Gasteiger partial charge in [-0.25, -0.2) is 4.98 Å². The number of anilines is 2. The van der Waals surface area contributed by atoms with E-state index in [0.717, 1.165) is 11.5 Å². The van der Waals surface area contributed by atoms with Gasteiger partial charge in [0.25, 0.3) is 0 Å². The van der Waals surface area contributed by atoms with Gasteiger partial charge in [-0.15, -0.1) is 22.7 Å². The molecule has 0 fully saturated rings. The molecule has 0 saturated carbocycles. The Morgan fingerprint density at radius 2 is 1.67 bits per heavy atom. The van der Waals surface area contributed by atoms with Crippen molar-refractivity contribution in [2.75, 3.05) is 24.3 Å². The molecule has 3 heterocycles. The van der Waals surface area contributed by atoms with Crippen molar-refractivity contribution < 1.29 is 0 Å². The molecule has 3 nitrogen and oxygen atoms in total. The van der Waals surface area contributed by atoms with Gasteiger partial charge in [0.1, 0.15) is 5.82 Å². The Kier molecular flexibility index (Phi) is 4.22. The van der Waals surface area contributed by atoms with Crippen LogP contribution in [0.15, 0.2) is 53.4 Å². The molecule has 108 valence electrons. The van der Waals surface area contributed by atoms with Crippen LogP contribution < -0.4 is 10.2 Å². The Balaban J connectivity index is 1.85. The molecule has 0 radical (unpaired) electrons. The lowest BCUT2D eigenvalue weighted by Crippen LogP contribution is -2.12. The number of nitrogens with zero attached hydrogens (tertiary/aromatic N) is 2. The van der Waals surface area contributed by atoms with Crippen molar-refractivity contribution >= 4 is 34.2 Å². The second-order valence-electron chi connectivity index (χ2n) is 4.91. The molecular formula is C16H17N3S2. The predicted molar refractivity (Wildman–Crippen MR) is 92.7 cm³/mol. The first kappa shape index (κ1) is 14.1. The van der Waals surface area contributed by atoms with Gasteiger partial charge in [0.15, 0.2) is 0 Å². The summed E-state index contributed by atoms with van der Waals surface area (Å²) >= 11 is 3.54. The number of aromatic nitrogens is 1. The van der Waals surface area contributed by atoms with Gasteiger partial charge in [-0.3, -0.25) is 0 Å². The van der Waals surface area contributed by atoms with Crippen molar-refractivity contribution in [3.05, 3.63) is 63.1 Å². The van der Waals surface area contributed by atoms with Gasteiger partial charge in [0.05, 0.1) is 17.9 Å². The summed E-state index contributed by atoms with van der Waals surface area (Å²) in [7, 11) is 3.99. The second-order valence-corrected chi connectivity index (χ2v) is 6.87. The van der Waals surface area contributed by atoms with Crippen LogP contribution in [0.1, 0.15) is 15.8 Å². The monoisotopic (exact) mass is 315 g/mol. The number of hydrogen-bond acceptors (Lipinski definition) is 5. The Morgan fingerprint density at radius 1 is 1.00 bits per heavy atom. The van der Waals surface area contributed by atoms with Crippen LogP contribution in [0.5, 0.6) is 0 Å². The van der Waals surface area contributed by atoms with Crippen LogP contribution in [-0.2, 0) is 0 Å². The summed E-state index contributed by atoms with van der Waals surface area (Å²) < 4.78 is 0. The molecule has 0 saturated heterocycles. The summed E-state index contributed by atoms with van der Waals surface area (Å²) in [5.74, 6) is 0.962. The topological polar surface area (TPSA) is 28.2 Å². The van der Waals surface area contributed by atoms with Crippen LogP contribution in [-0.4, -0.2) is 19.1 Å². The van der Waals surface area contributed by atoms with E-state index in [2.05, 4.69) is 51.4 Å². The zero-order valence-electron chi connectivity index (χ0n) is 12.0. The van der Waals surface area contributed by atoms with Crippen molar-refractivity contribution in [3.63, 3.8) is 0 Å². The first-order valence-electron chi connectivity index (χ1n) is 6.71. The van der Waals surface area contributed by atoms with E-state index in [-0.39, 0.29) is 6.04 Å². The van der Waals surface area contributed by atoms with E-state index < -0.39 is 0 Å². The fourth-order valence-electron chi connectivity index (χ4n) is 2.10. The lowest BCUT2D eigenvalue weighted by Gasteiger charge is -2.18. The Morgan fingerprint density at radius 3 is 2.10 bits per heavy atom. The highest BCUT2D eigenvalue weighted by Gasteiger charge is 2.16. The third-order valence-corrected chi connectivity index (χ3v) is 5.05. The fraction of sp³-hybridized carbons (Fsp3) is 0.188. The molecule has 0 aromatic carbocycles. The van der Waals surface area contributed by atoms with E-state index in [4.69, 9.17) is 0 Å². The van der Waals surface area contributed by atoms with Crippen molar-refractivity contribution in [1.29, 1.82) is 0 Å². The van der Waals surface area contributed by atoms with E-state index in [9.17, 15) is 0 Å². The van der Waals surface area contributed by atoms with E-state index in [1.807, 2.05) is 31.3 Å². The standard InChI is InChI=1S/C16H17N3S2/c1-19(2)15-8-7-12(11-17-15)18-16(13-5-3-9-20-13)14-6-4-10-21-14/h3-11,16,18H,1-2H3. The van der Waals surface area contributed by atoms with Crippen molar-refractivity contribution in [3.8, 4) is 0 Å². The maximum absolute atomic E-state index is 4.46. The van der Waals surface area contributed by atoms with E-state index in [0.29, 0.717) is 0 Å². The quantitative estimate of drug-likeness (QED) is 0.753. The van der Waals surface area contributed by atoms with Crippen LogP contribution >= 0.6 is 22.7 Å². The molecule has 0 bridgehead atoms. The zero-order chi connectivity index (χ0) is 14.7. The van der Waals surface area contributed by atoms with Crippen molar-refractivity contribution in [2.45, 2.75) is 6.04 Å². The number of pyridine rings is 1. The maximum Gasteiger partial charge on any atom is 0.128 e. The highest BCUT2D eigenvalue weighted by Crippen LogP contribution is 2.32. The second kappa shape index (κ2) is 6.28. The average molecular weight is 315 g/mol. The van der Waals surface area contributed by atoms with Crippen LogP contribution in [0.2, 0.25) is 0 Å². The number of thiophene rings is 2. The molecule has 21 heavy (non-hydrogen) atoms. The minimum Gasteiger partial charge on any atom is -0.371 e. The van der Waals surface area contributed by atoms with Gasteiger partial charge in [-0.2, -0.15) is 0 Å². The minimum absolute atomic E-state index is 0.192. The van der Waals surface area contributed by atoms with E-state index in [1.165, 1.54) is 9.75 Å². The fourth-order valence-corrected chi connectivity index (χ4v) is 3.76. The van der Waals surface area contributed by atoms with Crippen LogP contribution in [0.4, 0.5) is 11.5 Å². The Hall–Kier alpha value is -1.85. The predicted octanol–water partition coefficient (Wildman–Crippen LogP) is 4.47. The molecule has 0 unspecified atom stereocenters. The third kappa shape index (κ3) is 3.25. The van der Waals surface area contributed by atoms with Gasteiger partial charge in [-0.1, -0.05) is 12.1 Å². The van der Waals surface area contributed by atoms with Gasteiger partial charge in [-0.05, 0) is 35.0 Å². The number of rotatable bonds is 5. The van der Waals surface area contributed by atoms with Gasteiger partial charge in [0.2, 0.25) is 0 Å². The molecule has 3 aromatic rings. The van der Waals surface area contributed by atoms with Crippen LogP contribution in [0.3, 0.4) is 0 Å². The van der Waals surface area contributed by atoms with Gasteiger partial charge >= 0.3 is 0 Å². The normalized spacial score (nSPS) is 10.8. The Bertz CT molecular complexity index is 624. The van der Waals surface area contributed by atoms with Gasteiger partial charge in [0, 0.05) is 23.8 Å². The summed E-state index contributed by atoms with van der Waals surface area (Å²) in [5, 5.41) is 7.82. The number of nitrogens with one attached hydrogen (secondary N) is 1. The minimum atomic E-state index is 0.192. The first-order valence-corrected chi connectivity index (χ1v) is 8.46. The molecule has 0 aliphatic rings. The highest BCUT2D eigenvalue weighted by atomic mass is 32.1. The molecule has 0 atom stereocenters. The smallest absolute Gasteiger partial charge is 0.128 e. The van der Waals surface area contributed by atoms with Crippen LogP contribution in [0.25, 0.3) is 0 Å². The highest BCUT2D eigenvalue weighted by molar-refractivity contribution is 7.11. The molecule has 0 amide bonds. The Labute approximate surface area is 132 Å². The van der Waals surface area contributed by atoms with E-state index in [1.54, 1.807) is 22.7 Å². The zero-order valence-corrected chi connectivity index (χ0v) is 13.6. The summed E-state index contributed by atoms with van der Waals surface area (Å²) in [5.41, 5.74) is 1.03. The molecule has 3 aromatic heterocycles. The first-order chi connectivity index (χ1) is 10.2. The van der Waals surface area contributed by atoms with Crippen LogP contribution in [0, 0.1) is 0 Å². The van der Waals surface area contributed by atoms with Crippen molar-refractivity contribution in [1.82, 2.24) is 4.98 Å².